The quantitative estimate of drug-likeness (QED) is 0.631. The molecular formula is C15H17N2O2+. The Kier molecular flexibility index (Phi) is 4.39. The zero-order chi connectivity index (χ0) is 13.5. The van der Waals surface area contributed by atoms with Crippen LogP contribution >= 0.6 is 0 Å². The molecule has 2 N–H and O–H groups in total. The van der Waals surface area contributed by atoms with Crippen molar-refractivity contribution in [3.8, 4) is 11.5 Å². The number of methoxy groups -OCH3 is 2. The molecule has 0 radical (unpaired) electrons. The van der Waals surface area contributed by atoms with Gasteiger partial charge in [0.15, 0.2) is 22.9 Å². The van der Waals surface area contributed by atoms with Gasteiger partial charge in [0, 0.05) is 0 Å². The average molecular weight is 257 g/mol. The molecule has 0 aliphatic carbocycles. The van der Waals surface area contributed by atoms with Gasteiger partial charge in [0.2, 0.25) is 6.34 Å². The topological polar surface area (TPSA) is 44.5 Å². The highest BCUT2D eigenvalue weighted by Gasteiger charge is 2.04. The predicted octanol–water partition coefficient (Wildman–Crippen LogP) is 1.56. The fraction of sp³-hybridized carbons (Fsp3) is 0.133. The molecule has 19 heavy (non-hydrogen) atoms. The summed E-state index contributed by atoms with van der Waals surface area (Å²) in [6, 6.07) is 15.4. The second-order valence-corrected chi connectivity index (χ2v) is 3.83. The van der Waals surface area contributed by atoms with Crippen molar-refractivity contribution in [3.63, 3.8) is 0 Å². The van der Waals surface area contributed by atoms with Gasteiger partial charge in [-0.1, -0.05) is 24.3 Å². The van der Waals surface area contributed by atoms with Crippen LogP contribution in [0.25, 0.3) is 0 Å². The summed E-state index contributed by atoms with van der Waals surface area (Å²) in [5.41, 5.74) is 1.79. The summed E-state index contributed by atoms with van der Waals surface area (Å²) in [7, 11) is 3.29. The average Bonchev–Trinajstić information content (AvgIpc) is 2.48. The van der Waals surface area contributed by atoms with Gasteiger partial charge in [-0.05, 0) is 24.3 Å². The van der Waals surface area contributed by atoms with Crippen molar-refractivity contribution in [1.82, 2.24) is 0 Å². The lowest BCUT2D eigenvalue weighted by Crippen LogP contribution is -2.63. The van der Waals surface area contributed by atoms with Crippen LogP contribution in [0, 0.1) is 0 Å². The van der Waals surface area contributed by atoms with Gasteiger partial charge in [0.25, 0.3) is 0 Å². The highest BCUT2D eigenvalue weighted by molar-refractivity contribution is 5.76. The monoisotopic (exact) mass is 257 g/mol. The molecule has 0 unspecified atom stereocenters. The molecule has 0 amide bonds. The zero-order valence-corrected chi connectivity index (χ0v) is 11.0. The first-order valence-corrected chi connectivity index (χ1v) is 5.96. The Hall–Kier alpha value is -2.49. The van der Waals surface area contributed by atoms with Crippen molar-refractivity contribution in [2.75, 3.05) is 19.5 Å². The van der Waals surface area contributed by atoms with Crippen LogP contribution in [0.5, 0.6) is 11.5 Å². The van der Waals surface area contributed by atoms with Crippen molar-refractivity contribution in [3.05, 3.63) is 48.5 Å². The van der Waals surface area contributed by atoms with E-state index in [2.05, 4.69) is 10.3 Å². The van der Waals surface area contributed by atoms with Crippen LogP contribution in [0.15, 0.2) is 48.5 Å². The summed E-state index contributed by atoms with van der Waals surface area (Å²) in [4.78, 5) is 3.15. The molecule has 0 aromatic heterocycles. The van der Waals surface area contributed by atoms with E-state index >= 15 is 0 Å². The van der Waals surface area contributed by atoms with Gasteiger partial charge in [-0.15, -0.1) is 0 Å². The van der Waals surface area contributed by atoms with E-state index in [1.807, 2.05) is 48.5 Å². The maximum Gasteiger partial charge on any atom is 0.240 e. The number of hydrogen-bond acceptors (Lipinski definition) is 2. The van der Waals surface area contributed by atoms with Crippen molar-refractivity contribution >= 4 is 17.7 Å². The largest absolute Gasteiger partial charge is 0.492 e. The molecule has 0 aliphatic heterocycles. The van der Waals surface area contributed by atoms with Gasteiger partial charge in [-0.2, -0.15) is 0 Å². The minimum absolute atomic E-state index is 0.792. The van der Waals surface area contributed by atoms with Gasteiger partial charge in [0.05, 0.1) is 14.2 Å². The second-order valence-electron chi connectivity index (χ2n) is 3.83. The van der Waals surface area contributed by atoms with E-state index in [4.69, 9.17) is 9.47 Å². The molecule has 0 atom stereocenters. The molecule has 98 valence electrons. The Morgan fingerprint density at radius 1 is 0.895 bits per heavy atom. The lowest BCUT2D eigenvalue weighted by molar-refractivity contribution is -0.348. The van der Waals surface area contributed by atoms with Crippen molar-refractivity contribution in [1.29, 1.82) is 0 Å². The van der Waals surface area contributed by atoms with Gasteiger partial charge in [-0.3, -0.25) is 0 Å². The van der Waals surface area contributed by atoms with E-state index < -0.39 is 0 Å². The fourth-order valence-corrected chi connectivity index (χ4v) is 1.72. The Morgan fingerprint density at radius 3 is 2.26 bits per heavy atom. The molecule has 0 saturated carbocycles. The zero-order valence-electron chi connectivity index (χ0n) is 11.0. The number of benzene rings is 2. The third kappa shape index (κ3) is 3.25. The number of anilines is 1. The molecule has 4 heteroatoms. The van der Waals surface area contributed by atoms with Crippen molar-refractivity contribution in [2.24, 2.45) is 0 Å². The van der Waals surface area contributed by atoms with E-state index in [9.17, 15) is 0 Å². The Labute approximate surface area is 112 Å². The van der Waals surface area contributed by atoms with Crippen LogP contribution < -0.4 is 19.8 Å². The summed E-state index contributed by atoms with van der Waals surface area (Å²) < 4.78 is 10.5. The lowest BCUT2D eigenvalue weighted by atomic mass is 10.3. The molecule has 0 spiro atoms. The van der Waals surface area contributed by atoms with Gasteiger partial charge in [0.1, 0.15) is 0 Å². The van der Waals surface area contributed by atoms with Crippen LogP contribution in [0.1, 0.15) is 0 Å². The number of para-hydroxylation sites is 4. The Balaban J connectivity index is 2.11. The summed E-state index contributed by atoms with van der Waals surface area (Å²) in [6.07, 6.45) is 1.75. The summed E-state index contributed by atoms with van der Waals surface area (Å²) in [5, 5.41) is 3.15. The number of hydrogen-bond donors (Lipinski definition) is 2. The number of ether oxygens (including phenoxy) is 2. The maximum absolute atomic E-state index is 5.26. The number of rotatable bonds is 5. The predicted molar refractivity (Wildman–Crippen MR) is 76.3 cm³/mol. The summed E-state index contributed by atoms with van der Waals surface area (Å²) in [5.74, 6) is 1.58. The van der Waals surface area contributed by atoms with Gasteiger partial charge < -0.3 is 9.47 Å². The van der Waals surface area contributed by atoms with Crippen molar-refractivity contribution in [2.45, 2.75) is 0 Å². The van der Waals surface area contributed by atoms with E-state index in [-0.39, 0.29) is 0 Å². The standard InChI is InChI=1S/C15H16N2O2/c1-18-14-9-5-3-7-12(14)16-11-17-13-8-4-6-10-15(13)19-2/h3-11H,1-2H3,(H,16,17)/p+1. The van der Waals surface area contributed by atoms with E-state index in [1.54, 1.807) is 20.6 Å². The third-order valence-electron chi connectivity index (χ3n) is 2.67. The van der Waals surface area contributed by atoms with Crippen LogP contribution in [0.4, 0.5) is 11.4 Å². The molecule has 0 aliphatic rings. The molecule has 2 rings (SSSR count). The normalized spacial score (nSPS) is 10.4. The first kappa shape index (κ1) is 13.0. The van der Waals surface area contributed by atoms with Crippen LogP contribution in [-0.4, -0.2) is 20.6 Å². The minimum Gasteiger partial charge on any atom is -0.492 e. The molecule has 2 aromatic carbocycles. The fourth-order valence-electron chi connectivity index (χ4n) is 1.72. The molecule has 0 fully saturated rings. The van der Waals surface area contributed by atoms with E-state index in [0.29, 0.717) is 0 Å². The Morgan fingerprint density at radius 2 is 1.53 bits per heavy atom. The number of nitrogens with one attached hydrogen (secondary N) is 2. The first-order chi connectivity index (χ1) is 9.35. The maximum atomic E-state index is 5.26. The minimum atomic E-state index is 0.792. The summed E-state index contributed by atoms with van der Waals surface area (Å²) in [6.45, 7) is 0. The first-order valence-electron chi connectivity index (χ1n) is 5.96. The van der Waals surface area contributed by atoms with Crippen molar-refractivity contribution < 1.29 is 14.5 Å². The summed E-state index contributed by atoms with van der Waals surface area (Å²) >= 11 is 0. The molecule has 4 nitrogen and oxygen atoms in total. The van der Waals surface area contributed by atoms with Crippen LogP contribution in [-0.2, 0) is 0 Å². The second kappa shape index (κ2) is 6.44. The third-order valence-corrected chi connectivity index (χ3v) is 2.67. The Bertz CT molecular complexity index is 568. The molecular weight excluding hydrogens is 240 g/mol. The molecule has 2 aromatic rings. The van der Waals surface area contributed by atoms with Crippen LogP contribution in [0.2, 0.25) is 0 Å². The van der Waals surface area contributed by atoms with E-state index in [1.165, 1.54) is 0 Å². The molecule has 0 saturated heterocycles. The highest BCUT2D eigenvalue weighted by atomic mass is 16.5. The molecule has 0 heterocycles. The molecule has 0 bridgehead atoms. The van der Waals surface area contributed by atoms with Gasteiger partial charge >= 0.3 is 0 Å². The lowest BCUT2D eigenvalue weighted by Gasteiger charge is -2.03. The SMILES string of the molecule is COc1ccccc1NC=[NH+]c1ccccc1OC. The van der Waals surface area contributed by atoms with Gasteiger partial charge in [-0.25, -0.2) is 10.3 Å². The highest BCUT2D eigenvalue weighted by Crippen LogP contribution is 2.22. The van der Waals surface area contributed by atoms with Crippen LogP contribution in [0.3, 0.4) is 0 Å². The smallest absolute Gasteiger partial charge is 0.240 e. The van der Waals surface area contributed by atoms with E-state index in [0.717, 1.165) is 22.9 Å².